The number of ether oxygens (including phenoxy) is 1. The third-order valence-electron chi connectivity index (χ3n) is 3.59. The summed E-state index contributed by atoms with van der Waals surface area (Å²) < 4.78 is 29.8. The second-order valence-electron chi connectivity index (χ2n) is 6.14. The lowest BCUT2D eigenvalue weighted by atomic mass is 10.1. The number of ketones is 1. The Labute approximate surface area is 158 Å². The van der Waals surface area contributed by atoms with Gasteiger partial charge < -0.3 is 4.74 Å². The number of hydrogen-bond acceptors (Lipinski definition) is 5. The quantitative estimate of drug-likeness (QED) is 0.448. The van der Waals surface area contributed by atoms with Crippen molar-refractivity contribution in [1.29, 1.82) is 0 Å². The van der Waals surface area contributed by atoms with Gasteiger partial charge in [-0.3, -0.25) is 9.52 Å². The maximum absolute atomic E-state index is 12.4. The third kappa shape index (κ3) is 6.71. The van der Waals surface area contributed by atoms with Crippen LogP contribution in [0.15, 0.2) is 54.6 Å². The van der Waals surface area contributed by atoms with Gasteiger partial charge >= 0.3 is 5.97 Å². The Bertz CT molecular complexity index is 962. The fourth-order valence-corrected chi connectivity index (χ4v) is 2.92. The largest absolute Gasteiger partial charge is 0.451 e. The van der Waals surface area contributed by atoms with Crippen molar-refractivity contribution in [2.75, 3.05) is 11.0 Å². The van der Waals surface area contributed by atoms with Gasteiger partial charge in [0.25, 0.3) is 0 Å². The molecule has 1 N–H and O–H groups in total. The van der Waals surface area contributed by atoms with Crippen LogP contribution in [-0.2, 0) is 19.6 Å². The van der Waals surface area contributed by atoms with Crippen LogP contribution in [0.2, 0.25) is 0 Å². The van der Waals surface area contributed by atoms with Crippen LogP contribution in [0.5, 0.6) is 0 Å². The lowest BCUT2D eigenvalue weighted by Crippen LogP contribution is -2.23. The highest BCUT2D eigenvalue weighted by molar-refractivity contribution is 7.92. The van der Waals surface area contributed by atoms with Crippen LogP contribution >= 0.6 is 0 Å². The summed E-state index contributed by atoms with van der Waals surface area (Å²) >= 11 is 0. The predicted molar refractivity (Wildman–Crippen MR) is 105 cm³/mol. The van der Waals surface area contributed by atoms with Gasteiger partial charge in [-0.15, -0.1) is 0 Å². The molecule has 27 heavy (non-hydrogen) atoms. The summed E-state index contributed by atoms with van der Waals surface area (Å²) in [6.45, 7) is 3.44. The fourth-order valence-electron chi connectivity index (χ4n) is 2.36. The van der Waals surface area contributed by atoms with E-state index in [1.54, 1.807) is 6.08 Å². The maximum Gasteiger partial charge on any atom is 0.331 e. The number of aryl methyl sites for hydroxylation is 1. The van der Waals surface area contributed by atoms with E-state index in [4.69, 9.17) is 4.74 Å². The van der Waals surface area contributed by atoms with Crippen LogP contribution in [0.1, 0.15) is 28.4 Å². The molecule has 0 unspecified atom stereocenters. The number of nitrogens with one attached hydrogen (secondary N) is 1. The van der Waals surface area contributed by atoms with Crippen molar-refractivity contribution in [2.24, 2.45) is 0 Å². The van der Waals surface area contributed by atoms with Gasteiger partial charge in [0.2, 0.25) is 15.8 Å². The van der Waals surface area contributed by atoms with Crippen LogP contribution in [-0.4, -0.2) is 32.5 Å². The lowest BCUT2D eigenvalue weighted by molar-refractivity contribution is -0.140. The normalized spacial score (nSPS) is 12.6. The topological polar surface area (TPSA) is 89.5 Å². The van der Waals surface area contributed by atoms with E-state index < -0.39 is 22.1 Å². The van der Waals surface area contributed by atoms with Gasteiger partial charge in [-0.1, -0.05) is 29.8 Å². The third-order valence-corrected chi connectivity index (χ3v) is 4.20. The Balaban J connectivity index is 1.97. The van der Waals surface area contributed by atoms with Crippen molar-refractivity contribution >= 4 is 33.5 Å². The van der Waals surface area contributed by atoms with Gasteiger partial charge in [0.15, 0.2) is 6.10 Å². The summed E-state index contributed by atoms with van der Waals surface area (Å²) in [6, 6.07) is 13.5. The van der Waals surface area contributed by atoms with Crippen LogP contribution in [0.4, 0.5) is 5.69 Å². The molecule has 0 aliphatic carbocycles. The average Bonchev–Trinajstić information content (AvgIpc) is 2.58. The van der Waals surface area contributed by atoms with E-state index in [1.807, 2.05) is 31.2 Å². The van der Waals surface area contributed by atoms with E-state index in [0.29, 0.717) is 11.3 Å². The minimum atomic E-state index is -3.39. The number of carbonyl (C=O) groups is 2. The van der Waals surface area contributed by atoms with Gasteiger partial charge in [-0.25, -0.2) is 13.2 Å². The zero-order chi connectivity index (χ0) is 20.0. The molecule has 0 radical (unpaired) electrons. The highest BCUT2D eigenvalue weighted by Crippen LogP contribution is 2.14. The SMILES string of the molecule is Cc1cccc(/C=C/C(=O)O[C@@H](C)C(=O)c2ccc(NS(C)(=O)=O)cc2)c1. The van der Waals surface area contributed by atoms with Gasteiger partial charge in [0, 0.05) is 17.3 Å². The highest BCUT2D eigenvalue weighted by atomic mass is 32.2. The molecule has 7 heteroatoms. The summed E-state index contributed by atoms with van der Waals surface area (Å²) in [5.74, 6) is -0.995. The number of rotatable bonds is 7. The summed E-state index contributed by atoms with van der Waals surface area (Å²) in [7, 11) is -3.39. The second kappa shape index (κ2) is 8.64. The van der Waals surface area contributed by atoms with Gasteiger partial charge in [0.05, 0.1) is 6.26 Å². The first kappa shape index (κ1) is 20.4. The molecule has 1 atom stereocenters. The molecular formula is C20H21NO5S. The van der Waals surface area contributed by atoms with Crippen LogP contribution in [0.3, 0.4) is 0 Å². The zero-order valence-electron chi connectivity index (χ0n) is 15.3. The Kier molecular flexibility index (Phi) is 6.52. The molecule has 0 fully saturated rings. The van der Waals surface area contributed by atoms with Crippen molar-refractivity contribution in [3.05, 3.63) is 71.3 Å². The van der Waals surface area contributed by atoms with E-state index >= 15 is 0 Å². The van der Waals surface area contributed by atoms with E-state index in [2.05, 4.69) is 4.72 Å². The fraction of sp³-hybridized carbons (Fsp3) is 0.200. The highest BCUT2D eigenvalue weighted by Gasteiger charge is 2.18. The summed E-state index contributed by atoms with van der Waals surface area (Å²) in [4.78, 5) is 24.3. The van der Waals surface area contributed by atoms with Crippen molar-refractivity contribution in [2.45, 2.75) is 20.0 Å². The van der Waals surface area contributed by atoms with Gasteiger partial charge in [-0.05, 0) is 49.8 Å². The molecule has 0 amide bonds. The predicted octanol–water partition coefficient (Wildman–Crippen LogP) is 3.19. The van der Waals surface area contributed by atoms with Crippen molar-refractivity contribution in [1.82, 2.24) is 0 Å². The first-order valence-corrected chi connectivity index (χ1v) is 10.1. The van der Waals surface area contributed by atoms with Gasteiger partial charge in [0.1, 0.15) is 0 Å². The molecule has 0 heterocycles. The van der Waals surface area contributed by atoms with Crippen molar-refractivity contribution in [3.8, 4) is 0 Å². The molecule has 2 aromatic rings. The number of esters is 1. The Hall–Kier alpha value is -2.93. The van der Waals surface area contributed by atoms with Crippen molar-refractivity contribution in [3.63, 3.8) is 0 Å². The number of carbonyl (C=O) groups excluding carboxylic acids is 2. The molecular weight excluding hydrogens is 366 g/mol. The summed E-state index contributed by atoms with van der Waals surface area (Å²) in [5.41, 5.74) is 2.60. The van der Waals surface area contributed by atoms with Crippen LogP contribution < -0.4 is 4.72 Å². The maximum atomic E-state index is 12.4. The average molecular weight is 387 g/mol. The molecule has 0 saturated carbocycles. The molecule has 0 saturated heterocycles. The second-order valence-corrected chi connectivity index (χ2v) is 7.89. The molecule has 0 bridgehead atoms. The molecule has 2 aromatic carbocycles. The first-order valence-electron chi connectivity index (χ1n) is 8.21. The van der Waals surface area contributed by atoms with E-state index in [-0.39, 0.29) is 5.78 Å². The van der Waals surface area contributed by atoms with E-state index in [9.17, 15) is 18.0 Å². The monoisotopic (exact) mass is 387 g/mol. The number of hydrogen-bond donors (Lipinski definition) is 1. The molecule has 0 aliphatic heterocycles. The standard InChI is InChI=1S/C20H21NO5S/c1-14-5-4-6-16(13-14)7-12-19(22)26-15(2)20(23)17-8-10-18(11-9-17)21-27(3,24)25/h4-13,15,21H,1-3H3/b12-7+/t15-/m0/s1. The molecule has 142 valence electrons. The molecule has 0 spiro atoms. The number of anilines is 1. The zero-order valence-corrected chi connectivity index (χ0v) is 16.1. The lowest BCUT2D eigenvalue weighted by Gasteiger charge is -2.11. The Morgan fingerprint density at radius 2 is 1.78 bits per heavy atom. The molecule has 0 aliphatic rings. The molecule has 6 nitrogen and oxygen atoms in total. The minimum Gasteiger partial charge on any atom is -0.451 e. The Morgan fingerprint density at radius 3 is 2.37 bits per heavy atom. The minimum absolute atomic E-state index is 0.317. The number of Topliss-reactive ketones (excluding diaryl/α,β-unsaturated/α-hetero) is 1. The number of sulfonamides is 1. The number of benzene rings is 2. The molecule has 0 aromatic heterocycles. The smallest absolute Gasteiger partial charge is 0.331 e. The Morgan fingerprint density at radius 1 is 1.11 bits per heavy atom. The van der Waals surface area contributed by atoms with Crippen LogP contribution in [0, 0.1) is 6.92 Å². The van der Waals surface area contributed by atoms with E-state index in [0.717, 1.165) is 17.4 Å². The van der Waals surface area contributed by atoms with Crippen LogP contribution in [0.25, 0.3) is 6.08 Å². The summed E-state index contributed by atoms with van der Waals surface area (Å²) in [5, 5.41) is 0. The molecule has 2 rings (SSSR count). The first-order chi connectivity index (χ1) is 12.6. The summed E-state index contributed by atoms with van der Waals surface area (Å²) in [6.07, 6.45) is 2.97. The van der Waals surface area contributed by atoms with Crippen molar-refractivity contribution < 1.29 is 22.7 Å². The van der Waals surface area contributed by atoms with Gasteiger partial charge in [-0.2, -0.15) is 0 Å². The van der Waals surface area contributed by atoms with E-state index in [1.165, 1.54) is 37.3 Å².